The molecule has 1 aliphatic rings. The Labute approximate surface area is 203 Å². The van der Waals surface area contributed by atoms with Crippen molar-refractivity contribution in [3.8, 4) is 11.5 Å². The summed E-state index contributed by atoms with van der Waals surface area (Å²) in [4.78, 5) is 2.52. The number of nitrogens with zero attached hydrogens (tertiary/aromatic N) is 3. The Morgan fingerprint density at radius 3 is 2.44 bits per heavy atom. The first-order valence-electron chi connectivity index (χ1n) is 12.3. The van der Waals surface area contributed by atoms with Crippen molar-refractivity contribution in [2.75, 3.05) is 33.4 Å². The van der Waals surface area contributed by atoms with E-state index in [9.17, 15) is 0 Å². The van der Waals surface area contributed by atoms with E-state index >= 15 is 0 Å². The summed E-state index contributed by atoms with van der Waals surface area (Å²) in [6.45, 7) is 7.25. The number of aryl methyl sites for hydroxylation is 2. The van der Waals surface area contributed by atoms with E-state index in [1.54, 1.807) is 6.20 Å². The summed E-state index contributed by atoms with van der Waals surface area (Å²) in [5, 5.41) is 4.22. The van der Waals surface area contributed by atoms with Gasteiger partial charge < -0.3 is 14.2 Å². The Balaban J connectivity index is 1.22. The van der Waals surface area contributed by atoms with Gasteiger partial charge in [-0.1, -0.05) is 29.8 Å². The predicted molar refractivity (Wildman–Crippen MR) is 134 cm³/mol. The van der Waals surface area contributed by atoms with E-state index in [0.717, 1.165) is 63.4 Å². The van der Waals surface area contributed by atoms with Gasteiger partial charge in [-0.15, -0.1) is 0 Å². The predicted octanol–water partition coefficient (Wildman–Crippen LogP) is 5.11. The maximum absolute atomic E-state index is 6.12. The van der Waals surface area contributed by atoms with Crippen LogP contribution in [0.1, 0.15) is 36.8 Å². The van der Waals surface area contributed by atoms with Gasteiger partial charge in [0.15, 0.2) is 0 Å². The van der Waals surface area contributed by atoms with Gasteiger partial charge in [0.1, 0.15) is 23.7 Å². The topological polar surface area (TPSA) is 48.8 Å². The van der Waals surface area contributed by atoms with E-state index in [0.29, 0.717) is 13.2 Å². The lowest BCUT2D eigenvalue weighted by Gasteiger charge is -2.31. The first kappa shape index (κ1) is 24.3. The van der Waals surface area contributed by atoms with Crippen LogP contribution in [0.3, 0.4) is 0 Å². The zero-order valence-corrected chi connectivity index (χ0v) is 20.5. The van der Waals surface area contributed by atoms with Gasteiger partial charge in [0, 0.05) is 45.6 Å². The molecular formula is C28H37N3O3. The molecule has 34 heavy (non-hydrogen) atoms. The number of hydrogen-bond donors (Lipinski definition) is 0. The van der Waals surface area contributed by atoms with Crippen molar-refractivity contribution >= 4 is 0 Å². The standard InChI is InChI=1S/C28H37N3O3/c1-24-6-10-27(11-7-24)34-23-28(32-2)14-3-17-30(20-15-28)22-25-8-12-26(13-9-25)33-21-5-19-31-18-4-16-29-31/h4,6-13,16,18H,3,5,14-15,17,19-23H2,1-2H3/t28-/m0/s1. The summed E-state index contributed by atoms with van der Waals surface area (Å²) in [5.74, 6) is 1.83. The van der Waals surface area contributed by atoms with Gasteiger partial charge in [-0.05, 0) is 68.6 Å². The fourth-order valence-electron chi connectivity index (χ4n) is 4.44. The SMILES string of the molecule is CO[C@@]1(COc2ccc(C)cc2)CCCN(Cc2ccc(OCCCn3cccn3)cc2)CC1. The maximum atomic E-state index is 6.12. The Hall–Kier alpha value is -2.83. The molecule has 2 aromatic carbocycles. The van der Waals surface area contributed by atoms with Crippen LogP contribution in [0.4, 0.5) is 0 Å². The van der Waals surface area contributed by atoms with E-state index < -0.39 is 0 Å². The lowest BCUT2D eigenvalue weighted by molar-refractivity contribution is -0.0541. The molecule has 3 aromatic rings. The smallest absolute Gasteiger partial charge is 0.119 e. The average Bonchev–Trinajstić information content (AvgIpc) is 3.30. The lowest BCUT2D eigenvalue weighted by Crippen LogP contribution is -2.39. The van der Waals surface area contributed by atoms with Crippen molar-refractivity contribution in [2.24, 2.45) is 0 Å². The molecular weight excluding hydrogens is 426 g/mol. The number of ether oxygens (including phenoxy) is 3. The van der Waals surface area contributed by atoms with Crippen LogP contribution in [-0.2, 0) is 17.8 Å². The minimum absolute atomic E-state index is 0.229. The molecule has 2 heterocycles. The minimum atomic E-state index is -0.229. The fraction of sp³-hybridized carbons (Fsp3) is 0.464. The average molecular weight is 464 g/mol. The van der Waals surface area contributed by atoms with Crippen LogP contribution in [0.15, 0.2) is 67.0 Å². The second-order valence-corrected chi connectivity index (χ2v) is 9.23. The molecule has 6 nitrogen and oxygen atoms in total. The molecule has 0 saturated carbocycles. The van der Waals surface area contributed by atoms with Gasteiger partial charge in [-0.25, -0.2) is 0 Å². The van der Waals surface area contributed by atoms with Crippen LogP contribution in [0.2, 0.25) is 0 Å². The van der Waals surface area contributed by atoms with E-state index in [-0.39, 0.29) is 5.60 Å². The summed E-state index contributed by atoms with van der Waals surface area (Å²) in [7, 11) is 1.82. The highest BCUT2D eigenvalue weighted by Gasteiger charge is 2.33. The van der Waals surface area contributed by atoms with E-state index in [1.807, 2.05) is 36.2 Å². The Bertz CT molecular complexity index is 973. The van der Waals surface area contributed by atoms with Gasteiger partial charge in [-0.2, -0.15) is 5.10 Å². The number of methoxy groups -OCH3 is 1. The summed E-state index contributed by atoms with van der Waals surface area (Å²) < 4.78 is 20.0. The first-order valence-corrected chi connectivity index (χ1v) is 12.3. The van der Waals surface area contributed by atoms with Crippen molar-refractivity contribution in [3.63, 3.8) is 0 Å². The van der Waals surface area contributed by atoms with Crippen molar-refractivity contribution < 1.29 is 14.2 Å². The molecule has 4 rings (SSSR count). The molecule has 0 N–H and O–H groups in total. The molecule has 0 unspecified atom stereocenters. The van der Waals surface area contributed by atoms with Gasteiger partial charge in [0.25, 0.3) is 0 Å². The summed E-state index contributed by atoms with van der Waals surface area (Å²) >= 11 is 0. The monoisotopic (exact) mass is 463 g/mol. The minimum Gasteiger partial charge on any atom is -0.494 e. The summed E-state index contributed by atoms with van der Waals surface area (Å²) in [6.07, 6.45) is 7.79. The second-order valence-electron chi connectivity index (χ2n) is 9.23. The lowest BCUT2D eigenvalue weighted by atomic mass is 9.95. The van der Waals surface area contributed by atoms with Gasteiger partial charge >= 0.3 is 0 Å². The number of aromatic nitrogens is 2. The quantitative estimate of drug-likeness (QED) is 0.370. The first-order chi connectivity index (χ1) is 16.6. The molecule has 0 spiro atoms. The van der Waals surface area contributed by atoms with Crippen molar-refractivity contribution in [1.29, 1.82) is 0 Å². The molecule has 0 radical (unpaired) electrons. The largest absolute Gasteiger partial charge is 0.494 e. The molecule has 182 valence electrons. The highest BCUT2D eigenvalue weighted by Crippen LogP contribution is 2.28. The normalized spacial score (nSPS) is 19.0. The van der Waals surface area contributed by atoms with Crippen LogP contribution in [0.25, 0.3) is 0 Å². The molecule has 1 aromatic heterocycles. The van der Waals surface area contributed by atoms with Gasteiger partial charge in [0.2, 0.25) is 0 Å². The van der Waals surface area contributed by atoms with E-state index in [2.05, 4.69) is 53.3 Å². The van der Waals surface area contributed by atoms with Gasteiger partial charge in [0.05, 0.1) is 6.61 Å². The third-order valence-electron chi connectivity index (χ3n) is 6.64. The molecule has 1 aliphatic heterocycles. The zero-order valence-electron chi connectivity index (χ0n) is 20.5. The van der Waals surface area contributed by atoms with Crippen molar-refractivity contribution in [3.05, 3.63) is 78.1 Å². The third-order valence-corrected chi connectivity index (χ3v) is 6.64. The van der Waals surface area contributed by atoms with Crippen molar-refractivity contribution in [2.45, 2.75) is 51.3 Å². The molecule has 6 heteroatoms. The fourth-order valence-corrected chi connectivity index (χ4v) is 4.44. The molecule has 0 aliphatic carbocycles. The Kier molecular flexibility index (Phi) is 8.61. The van der Waals surface area contributed by atoms with Crippen LogP contribution in [0.5, 0.6) is 11.5 Å². The molecule has 0 bridgehead atoms. The molecule has 0 amide bonds. The van der Waals surface area contributed by atoms with Crippen LogP contribution < -0.4 is 9.47 Å². The van der Waals surface area contributed by atoms with Crippen LogP contribution in [-0.4, -0.2) is 53.7 Å². The van der Waals surface area contributed by atoms with E-state index in [1.165, 1.54) is 11.1 Å². The summed E-state index contributed by atoms with van der Waals surface area (Å²) in [5.41, 5.74) is 2.32. The number of rotatable bonds is 11. The summed E-state index contributed by atoms with van der Waals surface area (Å²) in [6, 6.07) is 18.7. The van der Waals surface area contributed by atoms with Crippen molar-refractivity contribution in [1.82, 2.24) is 14.7 Å². The molecule has 1 atom stereocenters. The number of likely N-dealkylation sites (tertiary alicyclic amines) is 1. The molecule has 1 saturated heterocycles. The second kappa shape index (κ2) is 12.0. The number of benzene rings is 2. The zero-order chi connectivity index (χ0) is 23.6. The van der Waals surface area contributed by atoms with Gasteiger partial charge in [-0.3, -0.25) is 9.58 Å². The van der Waals surface area contributed by atoms with Crippen LogP contribution in [0, 0.1) is 6.92 Å². The molecule has 1 fully saturated rings. The van der Waals surface area contributed by atoms with Crippen LogP contribution >= 0.6 is 0 Å². The third kappa shape index (κ3) is 7.08. The highest BCUT2D eigenvalue weighted by atomic mass is 16.5. The maximum Gasteiger partial charge on any atom is 0.119 e. The van der Waals surface area contributed by atoms with E-state index in [4.69, 9.17) is 14.2 Å². The Morgan fingerprint density at radius 2 is 1.71 bits per heavy atom. The number of hydrogen-bond acceptors (Lipinski definition) is 5. The Morgan fingerprint density at radius 1 is 0.941 bits per heavy atom. The highest BCUT2D eigenvalue weighted by molar-refractivity contribution is 5.27.